The standard InChI is InChI=1S/C26H25ClF3N5O3/c1-15-21(16(2)33-22(15)24(37)32-14-17-4-3-7-31-13-17)23(36)25(38)35-10-8-34(9-11-35)18-5-6-20(27)19(12-18)26(28,29)30/h3-7,12-13,33H,8-11,14H2,1-2H3,(H,32,37). The summed E-state index contributed by atoms with van der Waals surface area (Å²) in [7, 11) is 0. The van der Waals surface area contributed by atoms with Gasteiger partial charge in [-0.25, -0.2) is 0 Å². The molecule has 0 radical (unpaired) electrons. The van der Waals surface area contributed by atoms with E-state index in [2.05, 4.69) is 15.3 Å². The lowest BCUT2D eigenvalue weighted by Gasteiger charge is -2.36. The SMILES string of the molecule is Cc1[nH]c(C(=O)NCc2cccnc2)c(C)c1C(=O)C(=O)N1CCN(c2ccc(Cl)c(C(F)(F)F)c2)CC1. The molecular formula is C26H25ClF3N5O3. The van der Waals surface area contributed by atoms with Gasteiger partial charge in [0.1, 0.15) is 5.69 Å². The predicted octanol–water partition coefficient (Wildman–Crippen LogP) is 4.16. The van der Waals surface area contributed by atoms with Crippen LogP contribution in [0.3, 0.4) is 0 Å². The molecule has 0 unspecified atom stereocenters. The lowest BCUT2D eigenvalue weighted by Crippen LogP contribution is -2.50. The number of ketones is 1. The first-order valence-corrected chi connectivity index (χ1v) is 12.2. The molecule has 1 aromatic carbocycles. The Bertz CT molecular complexity index is 1370. The number of pyridine rings is 1. The Morgan fingerprint density at radius 2 is 1.82 bits per heavy atom. The summed E-state index contributed by atoms with van der Waals surface area (Å²) < 4.78 is 39.7. The van der Waals surface area contributed by atoms with Crippen molar-refractivity contribution in [2.75, 3.05) is 31.1 Å². The number of piperazine rings is 1. The highest BCUT2D eigenvalue weighted by Gasteiger charge is 2.35. The molecule has 2 aromatic heterocycles. The van der Waals surface area contributed by atoms with Crippen LogP contribution in [0, 0.1) is 13.8 Å². The topological polar surface area (TPSA) is 98.4 Å². The molecule has 0 spiro atoms. The smallest absolute Gasteiger partial charge is 0.368 e. The number of nitrogens with one attached hydrogen (secondary N) is 2. The first-order chi connectivity index (χ1) is 18.0. The van der Waals surface area contributed by atoms with Crippen LogP contribution >= 0.6 is 11.6 Å². The number of nitrogens with zero attached hydrogens (tertiary/aromatic N) is 3. The average Bonchev–Trinajstić information content (AvgIpc) is 3.20. The highest BCUT2D eigenvalue weighted by molar-refractivity contribution is 6.43. The van der Waals surface area contributed by atoms with Crippen LogP contribution in [0.4, 0.5) is 18.9 Å². The molecule has 0 atom stereocenters. The number of anilines is 1. The number of hydrogen-bond acceptors (Lipinski definition) is 5. The number of rotatable bonds is 6. The number of hydrogen-bond donors (Lipinski definition) is 2. The zero-order chi connectivity index (χ0) is 27.6. The summed E-state index contributed by atoms with van der Waals surface area (Å²) in [5.74, 6) is -1.90. The molecule has 3 aromatic rings. The zero-order valence-electron chi connectivity index (χ0n) is 20.7. The number of aromatic nitrogens is 2. The Morgan fingerprint density at radius 1 is 1.11 bits per heavy atom. The number of Topliss-reactive ketones (excluding diaryl/α,β-unsaturated/α-hetero) is 1. The van der Waals surface area contributed by atoms with Crippen molar-refractivity contribution in [3.63, 3.8) is 0 Å². The fourth-order valence-electron chi connectivity index (χ4n) is 4.44. The zero-order valence-corrected chi connectivity index (χ0v) is 21.4. The van der Waals surface area contributed by atoms with Crippen LogP contribution in [0.25, 0.3) is 0 Å². The average molecular weight is 548 g/mol. The van der Waals surface area contributed by atoms with E-state index in [1.165, 1.54) is 17.0 Å². The predicted molar refractivity (Wildman–Crippen MR) is 135 cm³/mol. The van der Waals surface area contributed by atoms with Gasteiger partial charge in [-0.1, -0.05) is 17.7 Å². The number of alkyl halides is 3. The van der Waals surface area contributed by atoms with E-state index >= 15 is 0 Å². The molecule has 3 heterocycles. The molecule has 2 N–H and O–H groups in total. The van der Waals surface area contributed by atoms with Crippen LogP contribution in [0.5, 0.6) is 0 Å². The van der Waals surface area contributed by atoms with Crippen molar-refractivity contribution in [1.82, 2.24) is 20.2 Å². The molecule has 0 bridgehead atoms. The Hall–Kier alpha value is -3.86. The van der Waals surface area contributed by atoms with Crippen molar-refractivity contribution in [2.24, 2.45) is 0 Å². The van der Waals surface area contributed by atoms with Crippen LogP contribution < -0.4 is 10.2 Å². The molecule has 200 valence electrons. The van der Waals surface area contributed by atoms with Crippen LogP contribution in [-0.2, 0) is 17.5 Å². The van der Waals surface area contributed by atoms with Gasteiger partial charge >= 0.3 is 6.18 Å². The van der Waals surface area contributed by atoms with Gasteiger partial charge in [0.25, 0.3) is 17.6 Å². The third-order valence-corrected chi connectivity index (χ3v) is 6.78. The minimum absolute atomic E-state index is 0.136. The van der Waals surface area contributed by atoms with Gasteiger partial charge in [0.05, 0.1) is 16.1 Å². The quantitative estimate of drug-likeness (QED) is 0.357. The number of amides is 2. The molecule has 0 aliphatic carbocycles. The molecule has 1 aliphatic heterocycles. The van der Waals surface area contributed by atoms with Crippen molar-refractivity contribution < 1.29 is 27.6 Å². The van der Waals surface area contributed by atoms with Gasteiger partial charge in [0, 0.05) is 56.5 Å². The molecule has 1 aliphatic rings. The lowest BCUT2D eigenvalue weighted by molar-refractivity contribution is -0.137. The molecule has 0 saturated carbocycles. The summed E-state index contributed by atoms with van der Waals surface area (Å²) in [6.45, 7) is 4.23. The van der Waals surface area contributed by atoms with Gasteiger partial charge in [-0.2, -0.15) is 13.2 Å². The third kappa shape index (κ3) is 5.67. The summed E-state index contributed by atoms with van der Waals surface area (Å²) in [5, 5.41) is 2.38. The van der Waals surface area contributed by atoms with Gasteiger partial charge in [-0.3, -0.25) is 19.4 Å². The van der Waals surface area contributed by atoms with E-state index in [-0.39, 0.29) is 49.0 Å². The molecule has 12 heteroatoms. The van der Waals surface area contributed by atoms with E-state index in [0.717, 1.165) is 11.6 Å². The van der Waals surface area contributed by atoms with Crippen LogP contribution in [0.2, 0.25) is 5.02 Å². The Kier molecular flexibility index (Phi) is 7.77. The van der Waals surface area contributed by atoms with E-state index in [0.29, 0.717) is 16.9 Å². The normalized spacial score (nSPS) is 13.9. The minimum atomic E-state index is -4.59. The van der Waals surface area contributed by atoms with E-state index < -0.39 is 29.3 Å². The van der Waals surface area contributed by atoms with Crippen LogP contribution in [-0.4, -0.2) is 58.6 Å². The van der Waals surface area contributed by atoms with Crippen molar-refractivity contribution in [2.45, 2.75) is 26.6 Å². The summed E-state index contributed by atoms with van der Waals surface area (Å²) in [5.41, 5.74) is 1.30. The second-order valence-corrected chi connectivity index (χ2v) is 9.35. The summed E-state index contributed by atoms with van der Waals surface area (Å²) in [6, 6.07) is 7.24. The Labute approximate surface area is 221 Å². The van der Waals surface area contributed by atoms with E-state index in [9.17, 15) is 27.6 Å². The first-order valence-electron chi connectivity index (χ1n) is 11.8. The maximum absolute atomic E-state index is 13.2. The van der Waals surface area contributed by atoms with Gasteiger partial charge in [-0.05, 0) is 49.2 Å². The van der Waals surface area contributed by atoms with Gasteiger partial charge < -0.3 is 20.1 Å². The Balaban J connectivity index is 1.41. The van der Waals surface area contributed by atoms with Crippen molar-refractivity contribution >= 4 is 34.9 Å². The highest BCUT2D eigenvalue weighted by Crippen LogP contribution is 2.37. The molecule has 8 nitrogen and oxygen atoms in total. The summed E-state index contributed by atoms with van der Waals surface area (Å²) in [6.07, 6.45) is -1.33. The summed E-state index contributed by atoms with van der Waals surface area (Å²) >= 11 is 5.71. The highest BCUT2D eigenvalue weighted by atomic mass is 35.5. The van der Waals surface area contributed by atoms with Gasteiger partial charge in [0.2, 0.25) is 0 Å². The van der Waals surface area contributed by atoms with Crippen LogP contribution in [0.15, 0.2) is 42.7 Å². The number of carbonyl (C=O) groups excluding carboxylic acids is 3. The van der Waals surface area contributed by atoms with Crippen molar-refractivity contribution in [3.8, 4) is 0 Å². The lowest BCUT2D eigenvalue weighted by atomic mass is 10.0. The van der Waals surface area contributed by atoms with Gasteiger partial charge in [-0.15, -0.1) is 0 Å². The van der Waals surface area contributed by atoms with Gasteiger partial charge in [0.15, 0.2) is 0 Å². The minimum Gasteiger partial charge on any atom is -0.368 e. The fourth-order valence-corrected chi connectivity index (χ4v) is 4.66. The third-order valence-electron chi connectivity index (χ3n) is 6.45. The second kappa shape index (κ2) is 10.9. The van der Waals surface area contributed by atoms with Crippen LogP contribution in [0.1, 0.15) is 43.2 Å². The second-order valence-electron chi connectivity index (χ2n) is 8.94. The maximum atomic E-state index is 13.2. The number of benzene rings is 1. The molecule has 1 saturated heterocycles. The fraction of sp³-hybridized carbons (Fsp3) is 0.308. The monoisotopic (exact) mass is 547 g/mol. The first kappa shape index (κ1) is 27.2. The van der Waals surface area contributed by atoms with Crippen molar-refractivity contribution in [3.05, 3.63) is 81.4 Å². The molecule has 1 fully saturated rings. The molecule has 38 heavy (non-hydrogen) atoms. The van der Waals surface area contributed by atoms with E-state index in [4.69, 9.17) is 11.6 Å². The Morgan fingerprint density at radius 3 is 2.45 bits per heavy atom. The number of H-pyrrole nitrogens is 1. The molecule has 4 rings (SSSR count). The number of carbonyl (C=O) groups is 3. The number of aromatic amines is 1. The number of halogens is 4. The molecule has 2 amide bonds. The van der Waals surface area contributed by atoms with E-state index in [1.807, 2.05) is 6.07 Å². The largest absolute Gasteiger partial charge is 0.417 e. The maximum Gasteiger partial charge on any atom is 0.417 e. The van der Waals surface area contributed by atoms with E-state index in [1.54, 1.807) is 37.2 Å². The summed E-state index contributed by atoms with van der Waals surface area (Å²) in [4.78, 5) is 48.9. The molecular weight excluding hydrogens is 523 g/mol. The number of aryl methyl sites for hydroxylation is 1. The van der Waals surface area contributed by atoms with Crippen molar-refractivity contribution in [1.29, 1.82) is 0 Å².